The van der Waals surface area contributed by atoms with E-state index in [0.717, 1.165) is 28.7 Å². The van der Waals surface area contributed by atoms with E-state index in [4.69, 9.17) is 4.42 Å². The van der Waals surface area contributed by atoms with E-state index in [1.54, 1.807) is 17.6 Å². The van der Waals surface area contributed by atoms with E-state index in [0.29, 0.717) is 6.04 Å². The first-order valence-corrected chi connectivity index (χ1v) is 6.14. The van der Waals surface area contributed by atoms with Crippen molar-refractivity contribution in [1.82, 2.24) is 10.2 Å². The Morgan fingerprint density at radius 1 is 1.50 bits per heavy atom. The molecule has 0 aliphatic carbocycles. The van der Waals surface area contributed by atoms with Gasteiger partial charge in [0.1, 0.15) is 10.8 Å². The first-order chi connectivity index (χ1) is 7.74. The van der Waals surface area contributed by atoms with Gasteiger partial charge in [0, 0.05) is 12.5 Å². The monoisotopic (exact) mass is 237 g/mol. The van der Waals surface area contributed by atoms with E-state index in [1.807, 2.05) is 19.1 Å². The number of hydrogen-bond acceptors (Lipinski definition) is 5. The van der Waals surface area contributed by atoms with Crippen molar-refractivity contribution < 1.29 is 4.42 Å². The number of furan rings is 1. The molecule has 0 aliphatic rings. The zero-order chi connectivity index (χ0) is 11.4. The lowest BCUT2D eigenvalue weighted by Crippen LogP contribution is -2.15. The van der Waals surface area contributed by atoms with Crippen LogP contribution in [0.4, 0.5) is 5.13 Å². The van der Waals surface area contributed by atoms with Crippen LogP contribution in [0.3, 0.4) is 0 Å². The Balaban J connectivity index is 1.78. The summed E-state index contributed by atoms with van der Waals surface area (Å²) in [7, 11) is 0. The van der Waals surface area contributed by atoms with E-state index in [2.05, 4.69) is 22.4 Å². The summed E-state index contributed by atoms with van der Waals surface area (Å²) in [5.41, 5.74) is 0. The number of nitrogens with one attached hydrogen (secondary N) is 1. The largest absolute Gasteiger partial charge is 0.469 e. The molecule has 0 aromatic carbocycles. The molecular formula is C11H15N3OS. The summed E-state index contributed by atoms with van der Waals surface area (Å²) in [4.78, 5) is 0. The smallest absolute Gasteiger partial charge is 0.205 e. The Kier molecular flexibility index (Phi) is 3.56. The molecule has 2 heterocycles. The highest BCUT2D eigenvalue weighted by molar-refractivity contribution is 7.15. The summed E-state index contributed by atoms with van der Waals surface area (Å²) < 4.78 is 5.29. The SMILES string of the molecule is Cc1nnc(NC(C)CCc2ccco2)s1. The van der Waals surface area contributed by atoms with Crippen LogP contribution in [0.25, 0.3) is 0 Å². The minimum atomic E-state index is 0.373. The van der Waals surface area contributed by atoms with E-state index in [1.165, 1.54) is 0 Å². The van der Waals surface area contributed by atoms with Crippen molar-refractivity contribution in [1.29, 1.82) is 0 Å². The minimum absolute atomic E-state index is 0.373. The van der Waals surface area contributed by atoms with Crippen molar-refractivity contribution in [3.05, 3.63) is 29.2 Å². The quantitative estimate of drug-likeness (QED) is 0.868. The molecule has 0 radical (unpaired) electrons. The zero-order valence-electron chi connectivity index (χ0n) is 9.43. The number of nitrogens with zero attached hydrogens (tertiary/aromatic N) is 2. The predicted molar refractivity (Wildman–Crippen MR) is 64.8 cm³/mol. The van der Waals surface area contributed by atoms with Crippen molar-refractivity contribution in [2.24, 2.45) is 0 Å². The van der Waals surface area contributed by atoms with Crippen LogP contribution in [0.1, 0.15) is 24.1 Å². The Morgan fingerprint density at radius 3 is 3.00 bits per heavy atom. The van der Waals surface area contributed by atoms with Gasteiger partial charge in [-0.05, 0) is 32.4 Å². The Bertz CT molecular complexity index is 424. The van der Waals surface area contributed by atoms with Crippen LogP contribution in [0.15, 0.2) is 22.8 Å². The fraction of sp³-hybridized carbons (Fsp3) is 0.455. The molecule has 2 rings (SSSR count). The molecule has 86 valence electrons. The highest BCUT2D eigenvalue weighted by Crippen LogP contribution is 2.16. The molecule has 1 unspecified atom stereocenters. The Labute approximate surface area is 98.7 Å². The third kappa shape index (κ3) is 3.06. The molecule has 5 heteroatoms. The molecule has 0 spiro atoms. The van der Waals surface area contributed by atoms with Crippen molar-refractivity contribution in [3.63, 3.8) is 0 Å². The van der Waals surface area contributed by atoms with Crippen LogP contribution in [0, 0.1) is 6.92 Å². The maximum Gasteiger partial charge on any atom is 0.205 e. The normalized spacial score (nSPS) is 12.6. The molecule has 0 aliphatic heterocycles. The molecule has 1 N–H and O–H groups in total. The van der Waals surface area contributed by atoms with E-state index in [9.17, 15) is 0 Å². The van der Waals surface area contributed by atoms with Gasteiger partial charge >= 0.3 is 0 Å². The second kappa shape index (κ2) is 5.12. The molecule has 2 aromatic rings. The maximum atomic E-state index is 5.29. The molecule has 0 amide bonds. The van der Waals surface area contributed by atoms with Crippen LogP contribution in [0.2, 0.25) is 0 Å². The van der Waals surface area contributed by atoms with E-state index in [-0.39, 0.29) is 0 Å². The maximum absolute atomic E-state index is 5.29. The van der Waals surface area contributed by atoms with Crippen LogP contribution in [0.5, 0.6) is 0 Å². The van der Waals surface area contributed by atoms with Gasteiger partial charge in [0.15, 0.2) is 0 Å². The van der Waals surface area contributed by atoms with Crippen molar-refractivity contribution in [2.45, 2.75) is 32.7 Å². The third-order valence-corrected chi connectivity index (χ3v) is 3.07. The third-order valence-electron chi connectivity index (χ3n) is 2.30. The molecule has 2 aromatic heterocycles. The van der Waals surface area contributed by atoms with Crippen LogP contribution in [-0.4, -0.2) is 16.2 Å². The number of hydrogen-bond donors (Lipinski definition) is 1. The van der Waals surface area contributed by atoms with Gasteiger partial charge in [-0.1, -0.05) is 11.3 Å². The Morgan fingerprint density at radius 2 is 2.38 bits per heavy atom. The average Bonchev–Trinajstić information content (AvgIpc) is 2.87. The van der Waals surface area contributed by atoms with Gasteiger partial charge in [0.05, 0.1) is 6.26 Å². The second-order valence-electron chi connectivity index (χ2n) is 3.79. The van der Waals surface area contributed by atoms with Crippen LogP contribution < -0.4 is 5.32 Å². The molecule has 0 bridgehead atoms. The van der Waals surface area contributed by atoms with Gasteiger partial charge in [-0.2, -0.15) is 0 Å². The van der Waals surface area contributed by atoms with Crippen molar-refractivity contribution >= 4 is 16.5 Å². The number of aryl methyl sites for hydroxylation is 2. The molecular weight excluding hydrogens is 222 g/mol. The molecule has 1 atom stereocenters. The van der Waals surface area contributed by atoms with Gasteiger partial charge in [-0.15, -0.1) is 10.2 Å². The molecule has 0 fully saturated rings. The average molecular weight is 237 g/mol. The number of aromatic nitrogens is 2. The highest BCUT2D eigenvalue weighted by atomic mass is 32.1. The summed E-state index contributed by atoms with van der Waals surface area (Å²) >= 11 is 1.58. The van der Waals surface area contributed by atoms with Gasteiger partial charge in [-0.25, -0.2) is 0 Å². The number of rotatable bonds is 5. The topological polar surface area (TPSA) is 51.0 Å². The van der Waals surface area contributed by atoms with Gasteiger partial charge in [0.25, 0.3) is 0 Å². The second-order valence-corrected chi connectivity index (χ2v) is 4.97. The van der Waals surface area contributed by atoms with Crippen molar-refractivity contribution in [2.75, 3.05) is 5.32 Å². The van der Waals surface area contributed by atoms with E-state index < -0.39 is 0 Å². The van der Waals surface area contributed by atoms with Crippen molar-refractivity contribution in [3.8, 4) is 0 Å². The zero-order valence-corrected chi connectivity index (χ0v) is 10.3. The minimum Gasteiger partial charge on any atom is -0.469 e. The first-order valence-electron chi connectivity index (χ1n) is 5.33. The molecule has 0 saturated carbocycles. The first kappa shape index (κ1) is 11.1. The summed E-state index contributed by atoms with van der Waals surface area (Å²) in [6.45, 7) is 4.09. The van der Waals surface area contributed by atoms with Gasteiger partial charge < -0.3 is 9.73 Å². The summed E-state index contributed by atoms with van der Waals surface area (Å²) in [5, 5.41) is 13.2. The van der Waals surface area contributed by atoms with Crippen LogP contribution in [-0.2, 0) is 6.42 Å². The lowest BCUT2D eigenvalue weighted by molar-refractivity contribution is 0.495. The molecule has 0 saturated heterocycles. The fourth-order valence-corrected chi connectivity index (χ4v) is 2.15. The Hall–Kier alpha value is -1.36. The summed E-state index contributed by atoms with van der Waals surface area (Å²) in [6.07, 6.45) is 3.67. The highest BCUT2D eigenvalue weighted by Gasteiger charge is 2.06. The standard InChI is InChI=1S/C11H15N3OS/c1-8(5-6-10-4-3-7-15-10)12-11-14-13-9(2)16-11/h3-4,7-8H,5-6H2,1-2H3,(H,12,14). The molecule has 16 heavy (non-hydrogen) atoms. The predicted octanol–water partition coefficient (Wildman–Crippen LogP) is 2.87. The summed E-state index contributed by atoms with van der Waals surface area (Å²) in [5.74, 6) is 1.03. The van der Waals surface area contributed by atoms with E-state index >= 15 is 0 Å². The molecule has 4 nitrogen and oxygen atoms in total. The summed E-state index contributed by atoms with van der Waals surface area (Å²) in [6, 6.07) is 4.29. The van der Waals surface area contributed by atoms with Crippen LogP contribution >= 0.6 is 11.3 Å². The number of anilines is 1. The lowest BCUT2D eigenvalue weighted by Gasteiger charge is -2.10. The fourth-order valence-electron chi connectivity index (χ4n) is 1.45. The lowest BCUT2D eigenvalue weighted by atomic mass is 10.1. The van der Waals surface area contributed by atoms with Gasteiger partial charge in [-0.3, -0.25) is 0 Å². The van der Waals surface area contributed by atoms with Gasteiger partial charge in [0.2, 0.25) is 5.13 Å².